The van der Waals surface area contributed by atoms with Crippen molar-refractivity contribution in [3.8, 4) is 11.5 Å². The van der Waals surface area contributed by atoms with Gasteiger partial charge in [-0.25, -0.2) is 9.69 Å². The van der Waals surface area contributed by atoms with E-state index in [4.69, 9.17) is 67.5 Å². The molecule has 190 valence electrons. The average molecular weight is 601 g/mol. The van der Waals surface area contributed by atoms with Crippen LogP contribution in [-0.2, 0) is 16.2 Å². The predicted octanol–water partition coefficient (Wildman–Crippen LogP) is 7.21. The van der Waals surface area contributed by atoms with Gasteiger partial charge in [-0.05, 0) is 54.1 Å². The summed E-state index contributed by atoms with van der Waals surface area (Å²) in [5.41, 5.74) is 0.841. The molecule has 7 nitrogen and oxygen atoms in total. The van der Waals surface area contributed by atoms with E-state index in [1.165, 1.54) is 43.5 Å². The summed E-state index contributed by atoms with van der Waals surface area (Å²) in [7, 11) is 1.41. The average Bonchev–Trinajstić information content (AvgIpc) is 2.84. The highest BCUT2D eigenvalue weighted by molar-refractivity contribution is 6.43. The van der Waals surface area contributed by atoms with Crippen LogP contribution in [0.2, 0.25) is 25.1 Å². The number of nitrogens with zero attached hydrogens (tertiary/aromatic N) is 1. The zero-order valence-electron chi connectivity index (χ0n) is 18.8. The van der Waals surface area contributed by atoms with Gasteiger partial charge in [0.25, 0.3) is 11.8 Å². The van der Waals surface area contributed by atoms with Crippen molar-refractivity contribution >= 4 is 87.6 Å². The lowest BCUT2D eigenvalue weighted by molar-refractivity contribution is -0.122. The van der Waals surface area contributed by atoms with Crippen LogP contribution in [0.25, 0.3) is 6.08 Å². The predicted molar refractivity (Wildman–Crippen MR) is 144 cm³/mol. The number of carbonyl (C=O) groups is 3. The number of methoxy groups -OCH3 is 1. The van der Waals surface area contributed by atoms with Crippen LogP contribution in [0.4, 0.5) is 10.5 Å². The molecule has 3 aromatic rings. The second kappa shape index (κ2) is 11.2. The Kier molecular flexibility index (Phi) is 8.21. The minimum atomic E-state index is -0.925. The topological polar surface area (TPSA) is 84.9 Å². The monoisotopic (exact) mass is 598 g/mol. The third-order valence-corrected chi connectivity index (χ3v) is 6.82. The molecule has 37 heavy (non-hydrogen) atoms. The Morgan fingerprint density at radius 3 is 2.30 bits per heavy atom. The number of halogens is 5. The van der Waals surface area contributed by atoms with Crippen LogP contribution < -0.4 is 19.7 Å². The standard InChI is InChI=1S/C25H15Cl5N2O5/c1-36-21-8-12(7-20(30)22(21)37-11-13-2-3-14(26)9-18(13)28)6-16-23(33)31-25(35)32(24(16)34)15-4-5-17(27)19(29)10-15/h2-10H,11H2,1H3,(H,31,33,35)/b16-6+. The molecule has 4 amide bonds. The summed E-state index contributed by atoms with van der Waals surface area (Å²) < 4.78 is 11.2. The second-order valence-corrected chi connectivity index (χ2v) is 9.68. The summed E-state index contributed by atoms with van der Waals surface area (Å²) >= 11 is 30.6. The van der Waals surface area contributed by atoms with Crippen LogP contribution in [-0.4, -0.2) is 25.0 Å². The quantitative estimate of drug-likeness (QED) is 0.239. The minimum absolute atomic E-state index is 0.0775. The van der Waals surface area contributed by atoms with Gasteiger partial charge < -0.3 is 9.47 Å². The molecule has 12 heteroatoms. The molecule has 1 aliphatic heterocycles. The van der Waals surface area contributed by atoms with Gasteiger partial charge in [0.05, 0.1) is 27.9 Å². The van der Waals surface area contributed by atoms with Gasteiger partial charge in [-0.15, -0.1) is 0 Å². The highest BCUT2D eigenvalue weighted by atomic mass is 35.5. The minimum Gasteiger partial charge on any atom is -0.493 e. The molecule has 1 saturated heterocycles. The van der Waals surface area contributed by atoms with E-state index in [1.54, 1.807) is 18.2 Å². The molecule has 1 heterocycles. The molecule has 0 spiro atoms. The first-order valence-corrected chi connectivity index (χ1v) is 12.3. The fourth-order valence-corrected chi connectivity index (χ4v) is 4.46. The Hall–Kier alpha value is -2.94. The van der Waals surface area contributed by atoms with E-state index in [-0.39, 0.29) is 44.4 Å². The molecule has 1 aliphatic rings. The zero-order valence-corrected chi connectivity index (χ0v) is 22.6. The van der Waals surface area contributed by atoms with Crippen molar-refractivity contribution in [3.05, 3.63) is 90.3 Å². The van der Waals surface area contributed by atoms with Gasteiger partial charge in [-0.3, -0.25) is 14.9 Å². The lowest BCUT2D eigenvalue weighted by Gasteiger charge is -2.26. The third-order valence-electron chi connectivity index (χ3n) is 5.21. The summed E-state index contributed by atoms with van der Waals surface area (Å²) in [5.74, 6) is -1.27. The molecule has 0 bridgehead atoms. The smallest absolute Gasteiger partial charge is 0.335 e. The van der Waals surface area contributed by atoms with Gasteiger partial charge in [0, 0.05) is 15.6 Å². The van der Waals surface area contributed by atoms with Crippen LogP contribution in [0, 0.1) is 0 Å². The van der Waals surface area contributed by atoms with Gasteiger partial charge in [0.1, 0.15) is 12.2 Å². The van der Waals surface area contributed by atoms with Crippen molar-refractivity contribution < 1.29 is 23.9 Å². The number of hydrogen-bond donors (Lipinski definition) is 1. The van der Waals surface area contributed by atoms with E-state index in [0.29, 0.717) is 21.2 Å². The Morgan fingerprint density at radius 1 is 0.865 bits per heavy atom. The van der Waals surface area contributed by atoms with Gasteiger partial charge in [0.2, 0.25) is 0 Å². The largest absolute Gasteiger partial charge is 0.493 e. The van der Waals surface area contributed by atoms with Crippen LogP contribution in [0.3, 0.4) is 0 Å². The van der Waals surface area contributed by atoms with Crippen molar-refractivity contribution in [3.63, 3.8) is 0 Å². The molecule has 3 aromatic carbocycles. The summed E-state index contributed by atoms with van der Waals surface area (Å²) in [4.78, 5) is 38.9. The Labute approximate surface area is 236 Å². The van der Waals surface area contributed by atoms with Gasteiger partial charge in [0.15, 0.2) is 11.5 Å². The molecule has 0 unspecified atom stereocenters. The lowest BCUT2D eigenvalue weighted by atomic mass is 10.1. The molecule has 0 aliphatic carbocycles. The maximum Gasteiger partial charge on any atom is 0.335 e. The van der Waals surface area contributed by atoms with E-state index >= 15 is 0 Å². The van der Waals surface area contributed by atoms with E-state index in [9.17, 15) is 14.4 Å². The van der Waals surface area contributed by atoms with E-state index < -0.39 is 17.8 Å². The number of urea groups is 1. The first kappa shape index (κ1) is 27.1. The number of nitrogens with one attached hydrogen (secondary N) is 1. The summed E-state index contributed by atoms with van der Waals surface area (Å²) in [6.07, 6.45) is 1.28. The Balaban J connectivity index is 1.65. The maximum absolute atomic E-state index is 13.2. The zero-order chi connectivity index (χ0) is 26.9. The highest BCUT2D eigenvalue weighted by Gasteiger charge is 2.37. The normalized spacial score (nSPS) is 14.7. The number of imide groups is 2. The van der Waals surface area contributed by atoms with Crippen molar-refractivity contribution in [2.75, 3.05) is 12.0 Å². The molecule has 1 N–H and O–H groups in total. The fraction of sp³-hybridized carbons (Fsp3) is 0.0800. The Bertz CT molecular complexity index is 1470. The third kappa shape index (κ3) is 5.81. The molecule has 1 fully saturated rings. The van der Waals surface area contributed by atoms with Crippen molar-refractivity contribution in [2.45, 2.75) is 6.61 Å². The maximum atomic E-state index is 13.2. The second-order valence-electron chi connectivity index (χ2n) is 7.61. The highest BCUT2D eigenvalue weighted by Crippen LogP contribution is 2.38. The van der Waals surface area contributed by atoms with Crippen molar-refractivity contribution in [2.24, 2.45) is 0 Å². The first-order chi connectivity index (χ1) is 17.6. The van der Waals surface area contributed by atoms with E-state index in [1.807, 2.05) is 0 Å². The van der Waals surface area contributed by atoms with Gasteiger partial charge in [-0.1, -0.05) is 64.1 Å². The van der Waals surface area contributed by atoms with Crippen LogP contribution in [0.1, 0.15) is 11.1 Å². The van der Waals surface area contributed by atoms with Crippen LogP contribution in [0.15, 0.2) is 54.1 Å². The number of amides is 4. The molecule has 0 radical (unpaired) electrons. The SMILES string of the molecule is COc1cc(/C=C2\C(=O)NC(=O)N(c3ccc(Cl)c(Cl)c3)C2=O)cc(Cl)c1OCc1ccc(Cl)cc1Cl. The summed E-state index contributed by atoms with van der Waals surface area (Å²) in [6, 6.07) is 11.3. The number of rotatable bonds is 6. The number of anilines is 1. The molecule has 0 aromatic heterocycles. The van der Waals surface area contributed by atoms with Crippen molar-refractivity contribution in [1.82, 2.24) is 5.32 Å². The number of benzene rings is 3. The Morgan fingerprint density at radius 2 is 1.62 bits per heavy atom. The summed E-state index contributed by atoms with van der Waals surface area (Å²) in [5, 5.41) is 3.57. The number of hydrogen-bond acceptors (Lipinski definition) is 5. The molecule has 0 atom stereocenters. The van der Waals surface area contributed by atoms with Crippen molar-refractivity contribution in [1.29, 1.82) is 0 Å². The van der Waals surface area contributed by atoms with Crippen LogP contribution >= 0.6 is 58.0 Å². The molecule has 0 saturated carbocycles. The number of ether oxygens (including phenoxy) is 2. The summed E-state index contributed by atoms with van der Waals surface area (Å²) in [6.45, 7) is 0.0775. The van der Waals surface area contributed by atoms with Gasteiger partial charge in [-0.2, -0.15) is 0 Å². The molecular formula is C25H15Cl5N2O5. The number of carbonyl (C=O) groups excluding carboxylic acids is 3. The first-order valence-electron chi connectivity index (χ1n) is 10.4. The fourth-order valence-electron chi connectivity index (χ4n) is 3.43. The molecular weight excluding hydrogens is 586 g/mol. The van der Waals surface area contributed by atoms with E-state index in [0.717, 1.165) is 4.90 Å². The van der Waals surface area contributed by atoms with Crippen LogP contribution in [0.5, 0.6) is 11.5 Å². The van der Waals surface area contributed by atoms with Gasteiger partial charge >= 0.3 is 6.03 Å². The molecule has 4 rings (SSSR count). The lowest BCUT2D eigenvalue weighted by Crippen LogP contribution is -2.54. The van der Waals surface area contributed by atoms with E-state index in [2.05, 4.69) is 5.32 Å². The number of barbiturate groups is 1.